The first kappa shape index (κ1) is 13.7. The van der Waals surface area contributed by atoms with E-state index < -0.39 is 0 Å². The lowest BCUT2D eigenvalue weighted by Crippen LogP contribution is -2.21. The second kappa shape index (κ2) is 6.46. The SMILES string of the molecule is CCN(Cc1cc(F)cc(C#N)c1)Cc1cccs1. The molecule has 0 unspecified atom stereocenters. The Hall–Kier alpha value is -1.70. The Bertz CT molecular complexity index is 572. The highest BCUT2D eigenvalue weighted by Gasteiger charge is 2.08. The first-order valence-corrected chi connectivity index (χ1v) is 7.03. The topological polar surface area (TPSA) is 27.0 Å². The number of hydrogen-bond donors (Lipinski definition) is 0. The van der Waals surface area contributed by atoms with Gasteiger partial charge < -0.3 is 0 Å². The fourth-order valence-corrected chi connectivity index (χ4v) is 2.71. The van der Waals surface area contributed by atoms with Crippen molar-refractivity contribution in [2.24, 2.45) is 0 Å². The number of halogens is 1. The summed E-state index contributed by atoms with van der Waals surface area (Å²) >= 11 is 1.72. The quantitative estimate of drug-likeness (QED) is 0.829. The summed E-state index contributed by atoms with van der Waals surface area (Å²) in [5.41, 5.74) is 1.22. The number of rotatable bonds is 5. The van der Waals surface area contributed by atoms with Crippen LogP contribution in [-0.2, 0) is 13.1 Å². The average molecular weight is 274 g/mol. The van der Waals surface area contributed by atoms with E-state index in [0.717, 1.165) is 18.7 Å². The molecule has 1 heterocycles. The maximum atomic E-state index is 13.4. The number of benzene rings is 1. The van der Waals surface area contributed by atoms with E-state index in [1.807, 2.05) is 12.1 Å². The van der Waals surface area contributed by atoms with Crippen LogP contribution in [-0.4, -0.2) is 11.4 Å². The summed E-state index contributed by atoms with van der Waals surface area (Å²) in [4.78, 5) is 3.51. The minimum absolute atomic E-state index is 0.346. The summed E-state index contributed by atoms with van der Waals surface area (Å²) in [5.74, 6) is -0.346. The van der Waals surface area contributed by atoms with Crippen LogP contribution >= 0.6 is 11.3 Å². The Morgan fingerprint density at radius 3 is 2.79 bits per heavy atom. The van der Waals surface area contributed by atoms with Crippen LogP contribution in [0.25, 0.3) is 0 Å². The van der Waals surface area contributed by atoms with Crippen molar-refractivity contribution in [3.05, 3.63) is 57.5 Å². The molecule has 1 aromatic heterocycles. The van der Waals surface area contributed by atoms with Gasteiger partial charge in [0.25, 0.3) is 0 Å². The van der Waals surface area contributed by atoms with Crippen molar-refractivity contribution in [2.75, 3.05) is 6.54 Å². The molecule has 0 N–H and O–H groups in total. The molecule has 0 fully saturated rings. The summed E-state index contributed by atoms with van der Waals surface area (Å²) in [6, 6.07) is 10.6. The van der Waals surface area contributed by atoms with Gasteiger partial charge in [-0.3, -0.25) is 4.90 Å². The molecule has 0 saturated carbocycles. The van der Waals surface area contributed by atoms with Gasteiger partial charge >= 0.3 is 0 Å². The minimum atomic E-state index is -0.346. The highest BCUT2D eigenvalue weighted by Crippen LogP contribution is 2.15. The van der Waals surface area contributed by atoms with Gasteiger partial charge in [-0.1, -0.05) is 13.0 Å². The molecule has 0 amide bonds. The Labute approximate surface area is 116 Å². The van der Waals surface area contributed by atoms with Crippen molar-refractivity contribution in [1.29, 1.82) is 5.26 Å². The van der Waals surface area contributed by atoms with E-state index >= 15 is 0 Å². The van der Waals surface area contributed by atoms with E-state index in [0.29, 0.717) is 12.1 Å². The second-order valence-electron chi connectivity index (χ2n) is 4.34. The van der Waals surface area contributed by atoms with Crippen LogP contribution in [0.4, 0.5) is 4.39 Å². The van der Waals surface area contributed by atoms with Crippen LogP contribution in [0, 0.1) is 17.1 Å². The van der Waals surface area contributed by atoms with E-state index in [2.05, 4.69) is 23.3 Å². The summed E-state index contributed by atoms with van der Waals surface area (Å²) in [5, 5.41) is 10.9. The predicted molar refractivity (Wildman–Crippen MR) is 75.2 cm³/mol. The number of hydrogen-bond acceptors (Lipinski definition) is 3. The number of nitriles is 1. The maximum Gasteiger partial charge on any atom is 0.124 e. The molecule has 2 aromatic rings. The number of thiophene rings is 1. The second-order valence-corrected chi connectivity index (χ2v) is 5.37. The third-order valence-corrected chi connectivity index (χ3v) is 3.76. The Kier molecular flexibility index (Phi) is 4.67. The van der Waals surface area contributed by atoms with E-state index in [1.165, 1.54) is 17.0 Å². The molecule has 1 aromatic carbocycles. The normalized spacial score (nSPS) is 10.6. The lowest BCUT2D eigenvalue weighted by molar-refractivity contribution is 0.273. The van der Waals surface area contributed by atoms with Crippen molar-refractivity contribution in [1.82, 2.24) is 4.90 Å². The van der Waals surface area contributed by atoms with Gasteiger partial charge in [-0.25, -0.2) is 4.39 Å². The number of nitrogens with zero attached hydrogens (tertiary/aromatic N) is 2. The molecule has 0 atom stereocenters. The third kappa shape index (κ3) is 3.88. The molecule has 0 aliphatic rings. The van der Waals surface area contributed by atoms with E-state index in [4.69, 9.17) is 5.26 Å². The molecule has 4 heteroatoms. The third-order valence-electron chi connectivity index (χ3n) is 2.90. The van der Waals surface area contributed by atoms with Gasteiger partial charge in [0.15, 0.2) is 0 Å². The first-order valence-electron chi connectivity index (χ1n) is 6.15. The molecule has 0 radical (unpaired) electrons. The zero-order valence-corrected chi connectivity index (χ0v) is 11.6. The fraction of sp³-hybridized carbons (Fsp3) is 0.267. The monoisotopic (exact) mass is 274 g/mol. The van der Waals surface area contributed by atoms with Crippen molar-refractivity contribution in [2.45, 2.75) is 20.0 Å². The van der Waals surface area contributed by atoms with E-state index in [-0.39, 0.29) is 5.82 Å². The first-order chi connectivity index (χ1) is 9.21. The molecule has 0 spiro atoms. The van der Waals surface area contributed by atoms with Gasteiger partial charge in [0.05, 0.1) is 11.6 Å². The van der Waals surface area contributed by atoms with Crippen LogP contribution < -0.4 is 0 Å². The molecule has 2 rings (SSSR count). The minimum Gasteiger partial charge on any atom is -0.294 e. The summed E-state index contributed by atoms with van der Waals surface area (Å²) in [6.07, 6.45) is 0. The lowest BCUT2D eigenvalue weighted by atomic mass is 10.1. The molecular weight excluding hydrogens is 259 g/mol. The summed E-state index contributed by atoms with van der Waals surface area (Å²) in [7, 11) is 0. The van der Waals surface area contributed by atoms with Gasteiger partial charge in [0, 0.05) is 18.0 Å². The van der Waals surface area contributed by atoms with Gasteiger partial charge in [-0.15, -0.1) is 11.3 Å². The van der Waals surface area contributed by atoms with Crippen LogP contribution in [0.2, 0.25) is 0 Å². The van der Waals surface area contributed by atoms with Crippen molar-refractivity contribution in [3.8, 4) is 6.07 Å². The van der Waals surface area contributed by atoms with Gasteiger partial charge in [0.1, 0.15) is 5.82 Å². The standard InChI is InChI=1S/C15H15FN2S/c1-2-18(11-15-4-3-5-19-15)10-13-6-12(9-17)7-14(16)8-13/h3-8H,2,10-11H2,1H3. The van der Waals surface area contributed by atoms with Crippen LogP contribution in [0.1, 0.15) is 22.9 Å². The highest BCUT2D eigenvalue weighted by atomic mass is 32.1. The van der Waals surface area contributed by atoms with Gasteiger partial charge in [0.2, 0.25) is 0 Å². The van der Waals surface area contributed by atoms with E-state index in [9.17, 15) is 4.39 Å². The Morgan fingerprint density at radius 2 is 2.16 bits per heavy atom. The van der Waals surface area contributed by atoms with Crippen LogP contribution in [0.15, 0.2) is 35.7 Å². The van der Waals surface area contributed by atoms with Gasteiger partial charge in [-0.05, 0) is 41.8 Å². The smallest absolute Gasteiger partial charge is 0.124 e. The maximum absolute atomic E-state index is 13.4. The highest BCUT2D eigenvalue weighted by molar-refractivity contribution is 7.09. The lowest BCUT2D eigenvalue weighted by Gasteiger charge is -2.19. The summed E-state index contributed by atoms with van der Waals surface area (Å²) < 4.78 is 13.4. The zero-order chi connectivity index (χ0) is 13.7. The fourth-order valence-electron chi connectivity index (χ4n) is 1.97. The largest absolute Gasteiger partial charge is 0.294 e. The van der Waals surface area contributed by atoms with Crippen LogP contribution in [0.3, 0.4) is 0 Å². The molecule has 19 heavy (non-hydrogen) atoms. The van der Waals surface area contributed by atoms with E-state index in [1.54, 1.807) is 17.4 Å². The predicted octanol–water partition coefficient (Wildman–Crippen LogP) is 3.78. The molecule has 0 bridgehead atoms. The van der Waals surface area contributed by atoms with Gasteiger partial charge in [-0.2, -0.15) is 5.26 Å². The summed E-state index contributed by atoms with van der Waals surface area (Å²) in [6.45, 7) is 4.47. The molecular formula is C15H15FN2S. The van der Waals surface area contributed by atoms with Crippen molar-refractivity contribution >= 4 is 11.3 Å². The van der Waals surface area contributed by atoms with Crippen LogP contribution in [0.5, 0.6) is 0 Å². The van der Waals surface area contributed by atoms with Crippen molar-refractivity contribution < 1.29 is 4.39 Å². The zero-order valence-electron chi connectivity index (χ0n) is 10.8. The Morgan fingerprint density at radius 1 is 1.32 bits per heavy atom. The molecule has 0 aliphatic heterocycles. The molecule has 2 nitrogen and oxygen atoms in total. The molecule has 0 aliphatic carbocycles. The Balaban J connectivity index is 2.10. The molecule has 0 saturated heterocycles. The average Bonchev–Trinajstić information content (AvgIpc) is 2.90. The molecule has 98 valence electrons. The van der Waals surface area contributed by atoms with Crippen molar-refractivity contribution in [3.63, 3.8) is 0 Å².